The van der Waals surface area contributed by atoms with Crippen molar-refractivity contribution >= 4 is 11.9 Å². The molecule has 1 fully saturated rings. The van der Waals surface area contributed by atoms with Gasteiger partial charge in [0.05, 0.1) is 12.0 Å². The van der Waals surface area contributed by atoms with Gasteiger partial charge in [0, 0.05) is 19.1 Å². The van der Waals surface area contributed by atoms with Gasteiger partial charge in [0.25, 0.3) is 0 Å². The van der Waals surface area contributed by atoms with Crippen LogP contribution in [0.3, 0.4) is 0 Å². The summed E-state index contributed by atoms with van der Waals surface area (Å²) in [4.78, 5) is 22.7. The van der Waals surface area contributed by atoms with Gasteiger partial charge in [-0.25, -0.2) is 0 Å². The van der Waals surface area contributed by atoms with E-state index in [0.717, 1.165) is 12.8 Å². The Morgan fingerprint density at radius 1 is 1.37 bits per heavy atom. The predicted octanol–water partition coefficient (Wildman–Crippen LogP) is 1.95. The quantitative estimate of drug-likeness (QED) is 0.801. The van der Waals surface area contributed by atoms with Crippen molar-refractivity contribution in [3.8, 4) is 0 Å². The molecule has 1 rings (SSSR count). The fraction of sp³-hybridized carbons (Fsp3) is 0.857. The number of nitrogens with one attached hydrogen (secondary N) is 1. The van der Waals surface area contributed by atoms with Gasteiger partial charge in [-0.3, -0.25) is 9.59 Å². The molecule has 19 heavy (non-hydrogen) atoms. The van der Waals surface area contributed by atoms with E-state index in [9.17, 15) is 9.59 Å². The standard InChI is InChI=1S/C14H25NO4/c1-13(2,9-12(17)18)8-11(16)15-10-5-6-19-14(3,4)7-10/h10H,5-9H2,1-4H3,(H,15,16)(H,17,18). The first-order chi connectivity index (χ1) is 8.60. The monoisotopic (exact) mass is 271 g/mol. The second kappa shape index (κ2) is 5.90. The Hall–Kier alpha value is -1.10. The minimum atomic E-state index is -0.870. The third kappa shape index (κ3) is 6.05. The number of carbonyl (C=O) groups is 2. The van der Waals surface area contributed by atoms with Crippen molar-refractivity contribution in [2.75, 3.05) is 6.61 Å². The molecule has 0 aliphatic carbocycles. The van der Waals surface area contributed by atoms with E-state index in [1.54, 1.807) is 13.8 Å². The van der Waals surface area contributed by atoms with Crippen molar-refractivity contribution in [2.45, 2.75) is 65.0 Å². The minimum Gasteiger partial charge on any atom is -0.481 e. The Morgan fingerprint density at radius 2 is 2.00 bits per heavy atom. The summed E-state index contributed by atoms with van der Waals surface area (Å²) in [6.07, 6.45) is 1.84. The fourth-order valence-corrected chi connectivity index (χ4v) is 2.54. The van der Waals surface area contributed by atoms with Crippen LogP contribution >= 0.6 is 0 Å². The van der Waals surface area contributed by atoms with Gasteiger partial charge in [0.2, 0.25) is 5.91 Å². The van der Waals surface area contributed by atoms with Crippen molar-refractivity contribution < 1.29 is 19.4 Å². The van der Waals surface area contributed by atoms with Gasteiger partial charge in [-0.05, 0) is 32.1 Å². The van der Waals surface area contributed by atoms with E-state index in [1.165, 1.54) is 0 Å². The van der Waals surface area contributed by atoms with E-state index in [4.69, 9.17) is 9.84 Å². The summed E-state index contributed by atoms with van der Waals surface area (Å²) in [5, 5.41) is 11.8. The van der Waals surface area contributed by atoms with Crippen LogP contribution in [0.1, 0.15) is 53.4 Å². The maximum atomic E-state index is 12.0. The molecule has 0 radical (unpaired) electrons. The summed E-state index contributed by atoms with van der Waals surface area (Å²) in [7, 11) is 0. The summed E-state index contributed by atoms with van der Waals surface area (Å²) >= 11 is 0. The Kier molecular flexibility index (Phi) is 4.96. The van der Waals surface area contributed by atoms with Crippen LogP contribution in [0.2, 0.25) is 0 Å². The largest absolute Gasteiger partial charge is 0.481 e. The predicted molar refractivity (Wildman–Crippen MR) is 71.8 cm³/mol. The number of aliphatic carboxylic acids is 1. The van der Waals surface area contributed by atoms with E-state index in [-0.39, 0.29) is 30.4 Å². The van der Waals surface area contributed by atoms with Crippen LogP contribution in [0, 0.1) is 5.41 Å². The number of carboxylic acid groups (broad SMARTS) is 1. The molecule has 1 saturated heterocycles. The Bertz CT molecular complexity index is 349. The zero-order chi connectivity index (χ0) is 14.7. The van der Waals surface area contributed by atoms with Crippen LogP contribution < -0.4 is 5.32 Å². The molecule has 1 aliphatic heterocycles. The van der Waals surface area contributed by atoms with Crippen molar-refractivity contribution in [1.29, 1.82) is 0 Å². The molecule has 2 N–H and O–H groups in total. The highest BCUT2D eigenvalue weighted by Gasteiger charge is 2.31. The fourth-order valence-electron chi connectivity index (χ4n) is 2.54. The van der Waals surface area contributed by atoms with Crippen molar-refractivity contribution in [1.82, 2.24) is 5.32 Å². The highest BCUT2D eigenvalue weighted by Crippen LogP contribution is 2.27. The molecule has 1 amide bonds. The number of carboxylic acids is 1. The molecule has 0 bridgehead atoms. The lowest BCUT2D eigenvalue weighted by atomic mass is 9.85. The molecule has 110 valence electrons. The van der Waals surface area contributed by atoms with E-state index in [2.05, 4.69) is 5.32 Å². The van der Waals surface area contributed by atoms with Crippen molar-refractivity contribution in [3.63, 3.8) is 0 Å². The normalized spacial score (nSPS) is 22.8. The molecular weight excluding hydrogens is 246 g/mol. The van der Waals surface area contributed by atoms with Gasteiger partial charge in [-0.1, -0.05) is 13.8 Å². The SMILES string of the molecule is CC(C)(CC(=O)O)CC(=O)NC1CCOC(C)(C)C1. The molecule has 0 spiro atoms. The molecule has 1 atom stereocenters. The molecule has 0 saturated carbocycles. The Balaban J connectivity index is 2.45. The smallest absolute Gasteiger partial charge is 0.303 e. The summed E-state index contributed by atoms with van der Waals surface area (Å²) in [6.45, 7) is 8.28. The lowest BCUT2D eigenvalue weighted by Crippen LogP contribution is -2.46. The summed E-state index contributed by atoms with van der Waals surface area (Å²) in [5.41, 5.74) is -0.719. The van der Waals surface area contributed by atoms with E-state index >= 15 is 0 Å². The van der Waals surface area contributed by atoms with Gasteiger partial charge >= 0.3 is 5.97 Å². The molecular formula is C14H25NO4. The molecule has 1 unspecified atom stereocenters. The summed E-state index contributed by atoms with van der Waals surface area (Å²) in [5.74, 6) is -0.945. The zero-order valence-corrected chi connectivity index (χ0v) is 12.3. The number of carbonyl (C=O) groups excluding carboxylic acids is 1. The van der Waals surface area contributed by atoms with Gasteiger partial charge in [0.15, 0.2) is 0 Å². The number of ether oxygens (including phenoxy) is 1. The summed E-state index contributed by atoms with van der Waals surface area (Å²) < 4.78 is 5.60. The third-order valence-electron chi connectivity index (χ3n) is 3.33. The van der Waals surface area contributed by atoms with Gasteiger partial charge in [-0.15, -0.1) is 0 Å². The van der Waals surface area contributed by atoms with Gasteiger partial charge in [-0.2, -0.15) is 0 Å². The maximum absolute atomic E-state index is 12.0. The Morgan fingerprint density at radius 3 is 2.53 bits per heavy atom. The van der Waals surface area contributed by atoms with E-state index in [0.29, 0.717) is 6.61 Å². The number of amides is 1. The first-order valence-electron chi connectivity index (χ1n) is 6.75. The molecule has 5 nitrogen and oxygen atoms in total. The molecule has 5 heteroatoms. The molecule has 1 aliphatic rings. The van der Waals surface area contributed by atoms with Crippen LogP contribution in [0.4, 0.5) is 0 Å². The molecule has 1 heterocycles. The number of hydrogen-bond acceptors (Lipinski definition) is 3. The zero-order valence-electron chi connectivity index (χ0n) is 12.3. The molecule has 0 aromatic rings. The average molecular weight is 271 g/mol. The van der Waals surface area contributed by atoms with Gasteiger partial charge < -0.3 is 15.2 Å². The highest BCUT2D eigenvalue weighted by atomic mass is 16.5. The van der Waals surface area contributed by atoms with Crippen LogP contribution in [-0.4, -0.2) is 35.2 Å². The third-order valence-corrected chi connectivity index (χ3v) is 3.33. The topological polar surface area (TPSA) is 75.6 Å². The average Bonchev–Trinajstić information content (AvgIpc) is 2.11. The Labute approximate surface area is 114 Å². The number of rotatable bonds is 5. The maximum Gasteiger partial charge on any atom is 0.303 e. The molecule has 0 aromatic heterocycles. The van der Waals surface area contributed by atoms with Crippen LogP contribution in [0.15, 0.2) is 0 Å². The van der Waals surface area contributed by atoms with Crippen molar-refractivity contribution in [2.24, 2.45) is 5.41 Å². The number of hydrogen-bond donors (Lipinski definition) is 2. The lowest BCUT2D eigenvalue weighted by molar-refractivity contribution is -0.139. The lowest BCUT2D eigenvalue weighted by Gasteiger charge is -2.36. The first-order valence-corrected chi connectivity index (χ1v) is 6.75. The molecule has 0 aromatic carbocycles. The van der Waals surface area contributed by atoms with E-state index < -0.39 is 11.4 Å². The van der Waals surface area contributed by atoms with Crippen LogP contribution in [0.5, 0.6) is 0 Å². The van der Waals surface area contributed by atoms with Crippen LogP contribution in [-0.2, 0) is 14.3 Å². The summed E-state index contributed by atoms with van der Waals surface area (Å²) in [6, 6.07) is 0.122. The van der Waals surface area contributed by atoms with Crippen molar-refractivity contribution in [3.05, 3.63) is 0 Å². The van der Waals surface area contributed by atoms with E-state index in [1.807, 2.05) is 13.8 Å². The van der Waals surface area contributed by atoms with Crippen LogP contribution in [0.25, 0.3) is 0 Å². The second-order valence-corrected chi connectivity index (χ2v) is 6.78. The second-order valence-electron chi connectivity index (χ2n) is 6.78. The highest BCUT2D eigenvalue weighted by molar-refractivity contribution is 5.78. The first kappa shape index (κ1) is 16.0. The van der Waals surface area contributed by atoms with Gasteiger partial charge in [0.1, 0.15) is 0 Å². The minimum absolute atomic E-state index is 0.000307.